The average Bonchev–Trinajstić information content (AvgIpc) is 2.20. The van der Waals surface area contributed by atoms with E-state index < -0.39 is 0 Å². The van der Waals surface area contributed by atoms with Gasteiger partial charge in [-0.3, -0.25) is 0 Å². The quantitative estimate of drug-likeness (QED) is 0.592. The van der Waals surface area contributed by atoms with Crippen LogP contribution in [0.5, 0.6) is 0 Å². The number of hydrogen-bond donors (Lipinski definition) is 0. The number of benzene rings is 2. The summed E-state index contributed by atoms with van der Waals surface area (Å²) in [5, 5.41) is 0. The van der Waals surface area contributed by atoms with Crippen molar-refractivity contribution in [2.45, 2.75) is 0 Å². The second-order valence-corrected chi connectivity index (χ2v) is 2.85. The van der Waals surface area contributed by atoms with Crippen molar-refractivity contribution in [3.8, 4) is 11.1 Å². The first-order valence-electron chi connectivity index (χ1n) is 4.18. The Morgan fingerprint density at radius 1 is 0.714 bits per heavy atom. The zero-order valence-corrected chi connectivity index (χ0v) is 7.07. The molecule has 0 nitrogen and oxygen atoms in total. The van der Waals surface area contributed by atoms with Gasteiger partial charge in [0.25, 0.3) is 0 Å². The van der Waals surface area contributed by atoms with Crippen LogP contribution >= 0.6 is 0 Å². The molecule has 0 bridgehead atoms. The van der Waals surface area contributed by atoms with Crippen LogP contribution in [0.2, 0.25) is 0 Å². The molecule has 0 aliphatic heterocycles. The van der Waals surface area contributed by atoms with E-state index in [0.29, 0.717) is 5.56 Å². The molecule has 0 radical (unpaired) electrons. The van der Waals surface area contributed by atoms with Gasteiger partial charge in [-0.15, -0.1) is 0 Å². The maximum atomic E-state index is 13.3. The number of hydrogen-bond acceptors (Lipinski definition) is 0. The molecule has 0 N–H and O–H groups in total. The van der Waals surface area contributed by atoms with Crippen LogP contribution in [0.15, 0.2) is 54.6 Å². The molecular weight excluding hydrogens is 170 g/mol. The van der Waals surface area contributed by atoms with Crippen molar-refractivity contribution in [2.24, 2.45) is 0 Å². The van der Waals surface area contributed by atoms with Crippen molar-refractivity contribution in [3.05, 3.63) is 60.4 Å². The summed E-state index contributed by atoms with van der Waals surface area (Å²) in [5.74, 6) is -0.172. The van der Waals surface area contributed by atoms with Crippen LogP contribution in [0, 0.1) is 5.82 Å². The van der Waals surface area contributed by atoms with Crippen LogP contribution in [-0.2, 0) is 0 Å². The van der Waals surface area contributed by atoms with Gasteiger partial charge in [-0.05, 0) is 11.6 Å². The van der Waals surface area contributed by atoms with Gasteiger partial charge in [-0.2, -0.15) is 0 Å². The fourth-order valence-corrected chi connectivity index (χ4v) is 1.31. The predicted molar refractivity (Wildman–Crippen MR) is 59.0 cm³/mol. The summed E-state index contributed by atoms with van der Waals surface area (Å²) in [6.07, 6.45) is 0. The van der Waals surface area contributed by atoms with Crippen molar-refractivity contribution in [1.29, 1.82) is 0 Å². The van der Waals surface area contributed by atoms with Gasteiger partial charge in [0.2, 0.25) is 0 Å². The van der Waals surface area contributed by atoms with E-state index in [1.165, 1.54) is 6.07 Å². The Bertz CT molecular complexity index is 398. The molecular formula is C12H10FLi. The Labute approximate surface area is 95.0 Å². The van der Waals surface area contributed by atoms with Gasteiger partial charge in [0.05, 0.1) is 0 Å². The van der Waals surface area contributed by atoms with Crippen LogP contribution in [0.1, 0.15) is 0 Å². The van der Waals surface area contributed by atoms with Gasteiger partial charge >= 0.3 is 18.9 Å². The van der Waals surface area contributed by atoms with Gasteiger partial charge in [0.15, 0.2) is 0 Å². The zero-order valence-electron chi connectivity index (χ0n) is 7.07. The molecule has 0 atom stereocenters. The molecule has 0 spiro atoms. The fourth-order valence-electron chi connectivity index (χ4n) is 1.31. The third-order valence-corrected chi connectivity index (χ3v) is 1.96. The first-order valence-corrected chi connectivity index (χ1v) is 4.18. The van der Waals surface area contributed by atoms with Crippen LogP contribution in [0.4, 0.5) is 4.39 Å². The number of rotatable bonds is 1. The average molecular weight is 180 g/mol. The van der Waals surface area contributed by atoms with Crippen LogP contribution in [0.3, 0.4) is 0 Å². The summed E-state index contributed by atoms with van der Waals surface area (Å²) < 4.78 is 13.3. The third kappa shape index (κ3) is 2.26. The SMILES string of the molecule is Fc1ccccc1-c1ccccc1.[LiH]. The molecule has 0 amide bonds. The van der Waals surface area contributed by atoms with E-state index in [9.17, 15) is 4.39 Å². The summed E-state index contributed by atoms with van der Waals surface area (Å²) in [4.78, 5) is 0. The van der Waals surface area contributed by atoms with Crippen LogP contribution in [-0.4, -0.2) is 18.9 Å². The maximum absolute atomic E-state index is 13.3. The van der Waals surface area contributed by atoms with E-state index >= 15 is 0 Å². The first kappa shape index (κ1) is 11.0. The first-order chi connectivity index (χ1) is 6.38. The van der Waals surface area contributed by atoms with Gasteiger partial charge < -0.3 is 0 Å². The molecule has 0 aliphatic rings. The van der Waals surface area contributed by atoms with Crippen molar-refractivity contribution in [1.82, 2.24) is 0 Å². The van der Waals surface area contributed by atoms with E-state index in [-0.39, 0.29) is 24.7 Å². The van der Waals surface area contributed by atoms with Crippen molar-refractivity contribution in [2.75, 3.05) is 0 Å². The molecule has 0 saturated heterocycles. The zero-order chi connectivity index (χ0) is 9.10. The molecule has 2 aromatic carbocycles. The minimum atomic E-state index is -0.172. The second-order valence-electron chi connectivity index (χ2n) is 2.85. The second kappa shape index (κ2) is 5.00. The van der Waals surface area contributed by atoms with Gasteiger partial charge in [-0.1, -0.05) is 48.5 Å². The molecule has 2 heteroatoms. The molecule has 0 fully saturated rings. The summed E-state index contributed by atoms with van der Waals surface area (Å²) >= 11 is 0. The minimum absolute atomic E-state index is 0. The monoisotopic (exact) mass is 180 g/mol. The summed E-state index contributed by atoms with van der Waals surface area (Å²) in [7, 11) is 0. The molecule has 66 valence electrons. The van der Waals surface area contributed by atoms with Gasteiger partial charge in [-0.25, -0.2) is 4.39 Å². The molecule has 14 heavy (non-hydrogen) atoms. The van der Waals surface area contributed by atoms with Crippen molar-refractivity contribution < 1.29 is 4.39 Å². The Kier molecular flexibility index (Phi) is 3.94. The predicted octanol–water partition coefficient (Wildman–Crippen LogP) is 2.84. The molecule has 0 aliphatic carbocycles. The summed E-state index contributed by atoms with van der Waals surface area (Å²) in [6.45, 7) is 0. The van der Waals surface area contributed by atoms with E-state index in [4.69, 9.17) is 0 Å². The van der Waals surface area contributed by atoms with Gasteiger partial charge in [0, 0.05) is 5.56 Å². The molecule has 0 unspecified atom stereocenters. The van der Waals surface area contributed by atoms with Gasteiger partial charge in [0.1, 0.15) is 5.82 Å². The van der Waals surface area contributed by atoms with Crippen LogP contribution < -0.4 is 0 Å². The van der Waals surface area contributed by atoms with E-state index in [2.05, 4.69) is 0 Å². The topological polar surface area (TPSA) is 0 Å². The molecule has 2 rings (SSSR count). The fraction of sp³-hybridized carbons (Fsp3) is 0. The Balaban J connectivity index is 0.000000980. The van der Waals surface area contributed by atoms with E-state index in [1.807, 2.05) is 36.4 Å². The van der Waals surface area contributed by atoms with Crippen molar-refractivity contribution >= 4 is 18.9 Å². The number of halogens is 1. The standard InChI is InChI=1S/C12H9F.Li.H/c13-12-9-5-4-8-11(12)10-6-2-1-3-7-10;;/h1-9H;;. The molecule has 2 aromatic rings. The Morgan fingerprint density at radius 3 is 1.93 bits per heavy atom. The van der Waals surface area contributed by atoms with E-state index in [0.717, 1.165) is 5.56 Å². The van der Waals surface area contributed by atoms with Crippen molar-refractivity contribution in [3.63, 3.8) is 0 Å². The van der Waals surface area contributed by atoms with E-state index in [1.54, 1.807) is 12.1 Å². The summed E-state index contributed by atoms with van der Waals surface area (Å²) in [6, 6.07) is 16.3. The molecule has 0 aromatic heterocycles. The normalized spacial score (nSPS) is 9.21. The summed E-state index contributed by atoms with van der Waals surface area (Å²) in [5.41, 5.74) is 1.57. The Hall–Kier alpha value is -1.03. The Morgan fingerprint density at radius 2 is 1.29 bits per heavy atom. The van der Waals surface area contributed by atoms with Crippen LogP contribution in [0.25, 0.3) is 11.1 Å². The third-order valence-electron chi connectivity index (χ3n) is 1.96. The molecule has 0 saturated carbocycles. The molecule has 0 heterocycles.